The van der Waals surface area contributed by atoms with E-state index in [-0.39, 0.29) is 37.5 Å². The number of rotatable bonds is 53. The number of hydrogen-bond donors (Lipinski definition) is 1. The third-order valence-electron chi connectivity index (χ3n) is 12.8. The lowest BCUT2D eigenvalue weighted by molar-refractivity contribution is -0.167. The normalized spacial score (nSPS) is 11.5. The summed E-state index contributed by atoms with van der Waals surface area (Å²) in [5, 5.41) is 8.71. The van der Waals surface area contributed by atoms with Crippen molar-refractivity contribution < 1.29 is 38.5 Å². The van der Waals surface area contributed by atoms with Gasteiger partial charge in [0.1, 0.15) is 13.2 Å². The van der Waals surface area contributed by atoms with Crippen molar-refractivity contribution >= 4 is 23.9 Å². The van der Waals surface area contributed by atoms with Crippen LogP contribution >= 0.6 is 0 Å². The van der Waals surface area contributed by atoms with E-state index in [1.54, 1.807) is 0 Å². The zero-order valence-corrected chi connectivity index (χ0v) is 43.0. The minimum atomic E-state index is -0.791. The van der Waals surface area contributed by atoms with Crippen LogP contribution in [0.3, 0.4) is 0 Å². The Kier molecular flexibility index (Phi) is 50.7. The Morgan fingerprint density at radius 1 is 0.338 bits per heavy atom. The number of carbonyl (C=O) groups excluding carboxylic acids is 3. The molecule has 0 saturated carbocycles. The monoisotopic (exact) mass is 919 g/mol. The largest absolute Gasteiger partial charge is 0.481 e. The molecule has 0 bridgehead atoms. The predicted octanol–water partition coefficient (Wildman–Crippen LogP) is 17.6. The summed E-state index contributed by atoms with van der Waals surface area (Å²) in [7, 11) is 0. The van der Waals surface area contributed by atoms with Crippen LogP contribution in [0.25, 0.3) is 0 Å². The molecule has 0 heterocycles. The Hall–Kier alpha value is -2.38. The summed E-state index contributed by atoms with van der Waals surface area (Å²) in [4.78, 5) is 48.7. The van der Waals surface area contributed by atoms with Crippen molar-refractivity contribution in [3.63, 3.8) is 0 Å². The Labute approximate surface area is 401 Å². The van der Waals surface area contributed by atoms with Gasteiger partial charge < -0.3 is 19.3 Å². The number of carbonyl (C=O) groups is 4. The van der Waals surface area contributed by atoms with E-state index in [0.29, 0.717) is 19.3 Å². The van der Waals surface area contributed by atoms with Crippen LogP contribution in [0.15, 0.2) is 12.2 Å². The zero-order chi connectivity index (χ0) is 47.4. The van der Waals surface area contributed by atoms with E-state index in [2.05, 4.69) is 26.0 Å². The molecule has 0 aliphatic carbocycles. The van der Waals surface area contributed by atoms with Crippen LogP contribution in [0, 0.1) is 0 Å². The van der Waals surface area contributed by atoms with Gasteiger partial charge in [-0.3, -0.25) is 19.2 Å². The van der Waals surface area contributed by atoms with Crippen LogP contribution in [0.2, 0.25) is 0 Å². The highest BCUT2D eigenvalue weighted by molar-refractivity contribution is 5.71. The van der Waals surface area contributed by atoms with Gasteiger partial charge in [0.2, 0.25) is 0 Å². The van der Waals surface area contributed by atoms with Crippen molar-refractivity contribution in [2.45, 2.75) is 315 Å². The third kappa shape index (κ3) is 52.5. The molecule has 65 heavy (non-hydrogen) atoms. The average molecular weight is 919 g/mol. The van der Waals surface area contributed by atoms with Gasteiger partial charge in [0.15, 0.2) is 6.10 Å². The second-order valence-electron chi connectivity index (χ2n) is 19.4. The summed E-state index contributed by atoms with van der Waals surface area (Å²) in [5.74, 6) is -1.61. The van der Waals surface area contributed by atoms with Gasteiger partial charge in [-0.2, -0.15) is 0 Å². The molecule has 0 aromatic heterocycles. The fourth-order valence-electron chi connectivity index (χ4n) is 8.52. The molecule has 0 spiro atoms. The summed E-state index contributed by atoms with van der Waals surface area (Å²) >= 11 is 0. The Balaban J connectivity index is 4.34. The van der Waals surface area contributed by atoms with Crippen molar-refractivity contribution in [2.75, 3.05) is 13.2 Å². The summed E-state index contributed by atoms with van der Waals surface area (Å²) in [6, 6.07) is 0. The van der Waals surface area contributed by atoms with Crippen LogP contribution < -0.4 is 0 Å². The van der Waals surface area contributed by atoms with E-state index >= 15 is 0 Å². The van der Waals surface area contributed by atoms with Gasteiger partial charge in [-0.15, -0.1) is 0 Å². The number of hydrogen-bond acceptors (Lipinski definition) is 7. The molecule has 0 aromatic rings. The van der Waals surface area contributed by atoms with Crippen LogP contribution in [-0.4, -0.2) is 48.3 Å². The number of unbranched alkanes of at least 4 members (excludes halogenated alkanes) is 38. The Bertz CT molecular complexity index is 1020. The summed E-state index contributed by atoms with van der Waals surface area (Å²) in [6.45, 7) is 4.36. The zero-order valence-electron chi connectivity index (χ0n) is 43.0. The van der Waals surface area contributed by atoms with Crippen LogP contribution in [0.5, 0.6) is 0 Å². The molecule has 0 amide bonds. The van der Waals surface area contributed by atoms with E-state index in [4.69, 9.17) is 19.3 Å². The smallest absolute Gasteiger partial charge is 0.306 e. The van der Waals surface area contributed by atoms with E-state index in [0.717, 1.165) is 116 Å². The first-order valence-corrected chi connectivity index (χ1v) is 28.3. The molecule has 1 N–H and O–H groups in total. The minimum absolute atomic E-state index is 0.0874. The second-order valence-corrected chi connectivity index (χ2v) is 19.4. The second kappa shape index (κ2) is 52.6. The summed E-state index contributed by atoms with van der Waals surface area (Å²) in [5.41, 5.74) is 0. The molecule has 0 unspecified atom stereocenters. The Morgan fingerprint density at radius 3 is 0.877 bits per heavy atom. The van der Waals surface area contributed by atoms with Gasteiger partial charge in [-0.1, -0.05) is 244 Å². The lowest BCUT2D eigenvalue weighted by atomic mass is 10.0. The highest BCUT2D eigenvalue weighted by Gasteiger charge is 2.19. The van der Waals surface area contributed by atoms with E-state index < -0.39 is 12.1 Å². The molecule has 0 fully saturated rings. The van der Waals surface area contributed by atoms with Crippen LogP contribution in [0.1, 0.15) is 309 Å². The summed E-state index contributed by atoms with van der Waals surface area (Å²) < 4.78 is 16.8. The predicted molar refractivity (Wildman–Crippen MR) is 272 cm³/mol. The molecule has 0 aliphatic rings. The lowest BCUT2D eigenvalue weighted by Gasteiger charge is -2.18. The van der Waals surface area contributed by atoms with Gasteiger partial charge >= 0.3 is 23.9 Å². The highest BCUT2D eigenvalue weighted by Crippen LogP contribution is 2.17. The van der Waals surface area contributed by atoms with Crippen molar-refractivity contribution in [3.05, 3.63) is 12.2 Å². The molecule has 0 saturated heterocycles. The lowest BCUT2D eigenvalue weighted by Crippen LogP contribution is -2.30. The van der Waals surface area contributed by atoms with Crippen molar-refractivity contribution in [3.8, 4) is 0 Å². The summed E-state index contributed by atoms with van der Waals surface area (Å²) in [6.07, 6.45) is 55.5. The maximum atomic E-state index is 12.8. The van der Waals surface area contributed by atoms with Crippen molar-refractivity contribution in [1.82, 2.24) is 0 Å². The van der Waals surface area contributed by atoms with Gasteiger partial charge in [0.25, 0.3) is 0 Å². The molecule has 8 nitrogen and oxygen atoms in total. The third-order valence-corrected chi connectivity index (χ3v) is 12.8. The minimum Gasteiger partial charge on any atom is -0.481 e. The number of aliphatic carboxylic acids is 1. The van der Waals surface area contributed by atoms with Gasteiger partial charge in [0, 0.05) is 25.7 Å². The highest BCUT2D eigenvalue weighted by atomic mass is 16.6. The molecular formula is C57H106O8. The fourth-order valence-corrected chi connectivity index (χ4v) is 8.52. The Morgan fingerprint density at radius 2 is 0.585 bits per heavy atom. The van der Waals surface area contributed by atoms with Gasteiger partial charge in [-0.05, 0) is 51.4 Å². The number of carboxylic acids is 1. The molecule has 0 aromatic carbocycles. The molecular weight excluding hydrogens is 813 g/mol. The molecule has 382 valence electrons. The topological polar surface area (TPSA) is 116 Å². The van der Waals surface area contributed by atoms with Gasteiger partial charge in [-0.25, -0.2) is 0 Å². The molecule has 0 atom stereocenters. The first-order chi connectivity index (χ1) is 31.9. The molecule has 0 aliphatic heterocycles. The maximum Gasteiger partial charge on any atom is 0.306 e. The SMILES string of the molecule is CCCCCCCCCCCCCCCCCC(=O)OCC(COC(=O)CCCCCCCCCCCCCCCCC)OC(=O)CCCCCCCC=CCCCCCCCC(=O)O. The quantitative estimate of drug-likeness (QED) is 0.0278. The van der Waals surface area contributed by atoms with Gasteiger partial charge in [0.05, 0.1) is 0 Å². The first kappa shape index (κ1) is 62.6. The molecule has 0 rings (SSSR count). The van der Waals surface area contributed by atoms with Crippen molar-refractivity contribution in [1.29, 1.82) is 0 Å². The molecule has 0 radical (unpaired) electrons. The van der Waals surface area contributed by atoms with Crippen LogP contribution in [-0.2, 0) is 33.4 Å². The average Bonchev–Trinajstić information content (AvgIpc) is 3.29. The maximum absolute atomic E-state index is 12.8. The first-order valence-electron chi connectivity index (χ1n) is 28.3. The number of ether oxygens (including phenoxy) is 3. The standard InChI is InChI=1S/C57H106O8/c1-3-5-7-9-11-13-15-17-19-24-28-32-36-40-44-48-55(60)63-51-53(52-64-56(61)49-45-41-37-33-29-25-20-18-16-14-12-10-8-6-4-2)65-57(62)50-46-42-38-34-30-26-22-21-23-27-31-35-39-43-47-54(58)59/h21-22,53H,3-20,23-52H2,1-2H3,(H,58,59). The number of esters is 3. The van der Waals surface area contributed by atoms with Crippen LogP contribution in [0.4, 0.5) is 0 Å². The van der Waals surface area contributed by atoms with E-state index in [1.165, 1.54) is 154 Å². The van der Waals surface area contributed by atoms with E-state index in [1.807, 2.05) is 0 Å². The van der Waals surface area contributed by atoms with E-state index in [9.17, 15) is 19.2 Å². The number of allylic oxidation sites excluding steroid dienone is 2. The number of carboxylic acid groups (broad SMARTS) is 1. The fraction of sp³-hybridized carbons (Fsp3) is 0.895. The molecule has 8 heteroatoms. The van der Waals surface area contributed by atoms with Crippen molar-refractivity contribution in [2.24, 2.45) is 0 Å².